The fraction of sp³-hybridized carbons (Fsp3) is 0.571. The van der Waals surface area contributed by atoms with Crippen LogP contribution in [0, 0.1) is 0 Å². The van der Waals surface area contributed by atoms with Gasteiger partial charge in [0.15, 0.2) is 0 Å². The van der Waals surface area contributed by atoms with Crippen molar-refractivity contribution in [1.29, 1.82) is 0 Å². The molecular weight excluding hydrogens is 198 g/mol. The van der Waals surface area contributed by atoms with Crippen LogP contribution in [0.3, 0.4) is 0 Å². The Morgan fingerprint density at radius 2 is 1.75 bits per heavy atom. The predicted molar refractivity (Wildman–Crippen MR) is 66.6 cm³/mol. The molecule has 0 spiro atoms. The summed E-state index contributed by atoms with van der Waals surface area (Å²) in [4.78, 5) is 0. The van der Waals surface area contributed by atoms with Gasteiger partial charge < -0.3 is 9.22 Å². The molecule has 1 aromatic carbocycles. The molecule has 0 saturated carbocycles. The first kappa shape index (κ1) is 11.5. The molecule has 88 valence electrons. The van der Waals surface area contributed by atoms with Crippen molar-refractivity contribution in [2.75, 3.05) is 33.3 Å². The molecule has 1 aliphatic rings. The number of hydrogen-bond donors (Lipinski definition) is 0. The van der Waals surface area contributed by atoms with Crippen molar-refractivity contribution in [3.63, 3.8) is 0 Å². The molecule has 0 bridgehead atoms. The van der Waals surface area contributed by atoms with Gasteiger partial charge >= 0.3 is 0 Å². The van der Waals surface area contributed by atoms with Gasteiger partial charge in [-0.15, -0.1) is 0 Å². The molecule has 1 heterocycles. The predicted octanol–water partition coefficient (Wildman–Crippen LogP) is 2.70. The lowest BCUT2D eigenvalue weighted by molar-refractivity contribution is -0.914. The molecule has 16 heavy (non-hydrogen) atoms. The molecule has 1 aromatic rings. The van der Waals surface area contributed by atoms with Crippen LogP contribution in [0.4, 0.5) is 0 Å². The zero-order valence-electron chi connectivity index (χ0n) is 10.2. The third kappa shape index (κ3) is 3.24. The van der Waals surface area contributed by atoms with Crippen LogP contribution in [0.2, 0.25) is 0 Å². The Morgan fingerprint density at radius 1 is 1.06 bits per heavy atom. The maximum atomic E-state index is 5.76. The van der Waals surface area contributed by atoms with Gasteiger partial charge in [-0.3, -0.25) is 0 Å². The van der Waals surface area contributed by atoms with Crippen molar-refractivity contribution in [2.24, 2.45) is 0 Å². The van der Waals surface area contributed by atoms with E-state index in [0.29, 0.717) is 0 Å². The van der Waals surface area contributed by atoms with Gasteiger partial charge in [0, 0.05) is 0 Å². The molecule has 1 saturated heterocycles. The van der Waals surface area contributed by atoms with Gasteiger partial charge in [-0.25, -0.2) is 0 Å². The van der Waals surface area contributed by atoms with Crippen molar-refractivity contribution in [1.82, 2.24) is 0 Å². The van der Waals surface area contributed by atoms with Crippen LogP contribution in [0.1, 0.15) is 19.3 Å². The van der Waals surface area contributed by atoms with E-state index in [1.54, 1.807) is 0 Å². The molecule has 0 aliphatic carbocycles. The first-order valence-corrected chi connectivity index (χ1v) is 6.30. The lowest BCUT2D eigenvalue weighted by Gasteiger charge is -2.37. The Morgan fingerprint density at radius 3 is 2.44 bits per heavy atom. The number of piperidine rings is 1. The number of rotatable bonds is 4. The number of benzene rings is 1. The lowest BCUT2D eigenvalue weighted by atomic mass is 10.1. The minimum Gasteiger partial charge on any atom is -0.488 e. The molecule has 2 nitrogen and oxygen atoms in total. The number of likely N-dealkylation sites (tertiary alicyclic amines) is 1. The zero-order chi connectivity index (χ0) is 11.3. The summed E-state index contributed by atoms with van der Waals surface area (Å²) < 4.78 is 6.95. The second-order valence-electron chi connectivity index (χ2n) is 5.01. The van der Waals surface area contributed by atoms with Crippen LogP contribution >= 0.6 is 0 Å². The first-order chi connectivity index (χ1) is 7.79. The van der Waals surface area contributed by atoms with E-state index >= 15 is 0 Å². The van der Waals surface area contributed by atoms with Gasteiger partial charge in [0.1, 0.15) is 18.9 Å². The molecule has 1 fully saturated rings. The van der Waals surface area contributed by atoms with Crippen LogP contribution in [-0.4, -0.2) is 37.8 Å². The quantitative estimate of drug-likeness (QED) is 0.709. The monoisotopic (exact) mass is 220 g/mol. The van der Waals surface area contributed by atoms with E-state index in [1.165, 1.54) is 36.8 Å². The first-order valence-electron chi connectivity index (χ1n) is 6.30. The van der Waals surface area contributed by atoms with E-state index in [4.69, 9.17) is 4.74 Å². The molecule has 0 amide bonds. The molecule has 1 aliphatic heterocycles. The number of para-hydroxylation sites is 1. The maximum Gasteiger partial charge on any atom is 0.137 e. The Hall–Kier alpha value is -1.02. The molecule has 0 N–H and O–H groups in total. The van der Waals surface area contributed by atoms with Gasteiger partial charge in [0.25, 0.3) is 0 Å². The van der Waals surface area contributed by atoms with Crippen LogP contribution in [0.5, 0.6) is 5.75 Å². The normalized spacial score (nSPS) is 19.3. The highest BCUT2D eigenvalue weighted by Gasteiger charge is 2.24. The largest absolute Gasteiger partial charge is 0.488 e. The third-order valence-electron chi connectivity index (χ3n) is 3.54. The molecule has 0 radical (unpaired) electrons. The number of ether oxygens (including phenoxy) is 1. The molecular formula is C14H22NO+. The highest BCUT2D eigenvalue weighted by atomic mass is 16.5. The standard InChI is InChI=1S/C14H22NO/c1-15(10-6-3-7-11-15)12-13-16-14-8-4-2-5-9-14/h2,4-5,8-9H,3,6-7,10-13H2,1H3/q+1. The highest BCUT2D eigenvalue weighted by molar-refractivity contribution is 5.20. The van der Waals surface area contributed by atoms with Gasteiger partial charge in [0.05, 0.1) is 20.1 Å². The molecule has 0 atom stereocenters. The number of quaternary nitrogens is 1. The average molecular weight is 220 g/mol. The Labute approximate surface area is 98.4 Å². The van der Waals surface area contributed by atoms with E-state index in [-0.39, 0.29) is 0 Å². The number of likely N-dealkylation sites (N-methyl/N-ethyl adjacent to an activating group) is 1. The fourth-order valence-electron chi connectivity index (χ4n) is 2.40. The Balaban J connectivity index is 1.75. The zero-order valence-corrected chi connectivity index (χ0v) is 10.2. The highest BCUT2D eigenvalue weighted by Crippen LogP contribution is 2.16. The van der Waals surface area contributed by atoms with Crippen molar-refractivity contribution in [3.8, 4) is 5.75 Å². The SMILES string of the molecule is C[N+]1(CCOc2ccccc2)CCCCC1. The smallest absolute Gasteiger partial charge is 0.137 e. The van der Waals surface area contributed by atoms with Crippen LogP contribution < -0.4 is 4.74 Å². The van der Waals surface area contributed by atoms with E-state index < -0.39 is 0 Å². The van der Waals surface area contributed by atoms with Gasteiger partial charge in [-0.05, 0) is 31.4 Å². The third-order valence-corrected chi connectivity index (χ3v) is 3.54. The molecule has 2 rings (SSSR count). The topological polar surface area (TPSA) is 9.23 Å². The van der Waals surface area contributed by atoms with Crippen molar-refractivity contribution >= 4 is 0 Å². The van der Waals surface area contributed by atoms with Crippen LogP contribution in [0.15, 0.2) is 30.3 Å². The van der Waals surface area contributed by atoms with E-state index in [2.05, 4.69) is 7.05 Å². The minimum atomic E-state index is 0.834. The van der Waals surface area contributed by atoms with Crippen LogP contribution in [-0.2, 0) is 0 Å². The molecule has 0 aromatic heterocycles. The summed E-state index contributed by atoms with van der Waals surface area (Å²) in [7, 11) is 2.35. The summed E-state index contributed by atoms with van der Waals surface area (Å²) >= 11 is 0. The van der Waals surface area contributed by atoms with Crippen molar-refractivity contribution in [2.45, 2.75) is 19.3 Å². The summed E-state index contributed by atoms with van der Waals surface area (Å²) in [5, 5.41) is 0. The lowest BCUT2D eigenvalue weighted by Crippen LogP contribution is -2.50. The van der Waals surface area contributed by atoms with E-state index in [1.807, 2.05) is 30.3 Å². The second kappa shape index (κ2) is 5.35. The van der Waals surface area contributed by atoms with Crippen molar-refractivity contribution < 1.29 is 9.22 Å². The Kier molecular flexibility index (Phi) is 3.83. The summed E-state index contributed by atoms with van der Waals surface area (Å²) in [6, 6.07) is 10.1. The van der Waals surface area contributed by atoms with Crippen molar-refractivity contribution in [3.05, 3.63) is 30.3 Å². The minimum absolute atomic E-state index is 0.834. The van der Waals surface area contributed by atoms with Gasteiger partial charge in [-0.2, -0.15) is 0 Å². The second-order valence-corrected chi connectivity index (χ2v) is 5.01. The summed E-state index contributed by atoms with van der Waals surface area (Å²) in [5.74, 6) is 0.992. The number of nitrogens with zero attached hydrogens (tertiary/aromatic N) is 1. The van der Waals surface area contributed by atoms with Crippen LogP contribution in [0.25, 0.3) is 0 Å². The summed E-state index contributed by atoms with van der Waals surface area (Å²) in [6.07, 6.45) is 4.16. The number of hydrogen-bond acceptors (Lipinski definition) is 1. The maximum absolute atomic E-state index is 5.76. The fourth-order valence-corrected chi connectivity index (χ4v) is 2.40. The molecule has 2 heteroatoms. The molecule has 0 unspecified atom stereocenters. The van der Waals surface area contributed by atoms with Gasteiger partial charge in [0.2, 0.25) is 0 Å². The van der Waals surface area contributed by atoms with Gasteiger partial charge in [-0.1, -0.05) is 18.2 Å². The summed E-state index contributed by atoms with van der Waals surface area (Å²) in [5.41, 5.74) is 0. The Bertz CT molecular complexity index is 304. The summed E-state index contributed by atoms with van der Waals surface area (Å²) in [6.45, 7) is 4.60. The van der Waals surface area contributed by atoms with E-state index in [9.17, 15) is 0 Å². The van der Waals surface area contributed by atoms with E-state index in [0.717, 1.165) is 18.9 Å². The average Bonchev–Trinajstić information content (AvgIpc) is 2.31.